The highest BCUT2D eigenvalue weighted by atomic mass is 35.5. The first-order valence-electron chi connectivity index (χ1n) is 9.43. The minimum absolute atomic E-state index is 0.333. The summed E-state index contributed by atoms with van der Waals surface area (Å²) in [6.45, 7) is 4.08. The van der Waals surface area contributed by atoms with Gasteiger partial charge in [-0.1, -0.05) is 29.3 Å². The lowest BCUT2D eigenvalue weighted by molar-refractivity contribution is -0.147. The molecular formula is C20H21Cl2N3O4. The second kappa shape index (κ2) is 7.63. The highest BCUT2D eigenvalue weighted by Gasteiger charge is 2.55. The fourth-order valence-corrected chi connectivity index (χ4v) is 4.84. The Morgan fingerprint density at radius 2 is 1.93 bits per heavy atom. The number of anilines is 1. The maximum absolute atomic E-state index is 13.0. The highest BCUT2D eigenvalue weighted by Crippen LogP contribution is 2.44. The number of benzene rings is 1. The molecule has 154 valence electrons. The van der Waals surface area contributed by atoms with Crippen LogP contribution in [0.25, 0.3) is 0 Å². The van der Waals surface area contributed by atoms with Crippen LogP contribution in [0.2, 0.25) is 10.0 Å². The van der Waals surface area contributed by atoms with Gasteiger partial charge in [-0.2, -0.15) is 5.10 Å². The first kappa shape index (κ1) is 20.2. The zero-order valence-corrected chi connectivity index (χ0v) is 17.5. The van der Waals surface area contributed by atoms with Gasteiger partial charge in [0.05, 0.1) is 47.7 Å². The van der Waals surface area contributed by atoms with E-state index in [1.165, 1.54) is 0 Å². The average Bonchev–Trinajstić information content (AvgIpc) is 3.34. The lowest BCUT2D eigenvalue weighted by Gasteiger charge is -2.23. The predicted molar refractivity (Wildman–Crippen MR) is 108 cm³/mol. The van der Waals surface area contributed by atoms with Crippen molar-refractivity contribution in [3.63, 3.8) is 0 Å². The molecule has 0 saturated carbocycles. The number of carbonyl (C=O) groups is 2. The number of hydrogen-bond acceptors (Lipinski definition) is 4. The number of halogens is 2. The third-order valence-corrected chi connectivity index (χ3v) is 6.41. The molecule has 0 radical (unpaired) electrons. The highest BCUT2D eigenvalue weighted by molar-refractivity contribution is 6.35. The smallest absolute Gasteiger partial charge is 0.310 e. The van der Waals surface area contributed by atoms with Gasteiger partial charge in [0.1, 0.15) is 0 Å². The maximum atomic E-state index is 13.0. The zero-order valence-electron chi connectivity index (χ0n) is 16.0. The summed E-state index contributed by atoms with van der Waals surface area (Å²) in [5.74, 6) is -2.82. The van der Waals surface area contributed by atoms with Crippen molar-refractivity contribution >= 4 is 40.8 Å². The molecule has 1 aromatic heterocycles. The van der Waals surface area contributed by atoms with Crippen LogP contribution >= 0.6 is 23.2 Å². The van der Waals surface area contributed by atoms with Crippen LogP contribution in [0.1, 0.15) is 29.8 Å². The molecule has 7 nitrogen and oxygen atoms in total. The minimum Gasteiger partial charge on any atom is -0.481 e. The number of rotatable bonds is 5. The number of aliphatic carboxylic acids is 1. The molecule has 2 fully saturated rings. The van der Waals surface area contributed by atoms with E-state index >= 15 is 0 Å². The third-order valence-electron chi connectivity index (χ3n) is 5.83. The number of aromatic nitrogens is 2. The van der Waals surface area contributed by atoms with Gasteiger partial charge in [-0.15, -0.1) is 0 Å². The standard InChI is InChI=1S/C20H21Cl2N3O4/c1-9-18(10(2)25(24-9)8-11-3-4-12(21)7-13(11)22)23-19(26)16-14-5-6-15(29-14)17(16)20(27)28/h3-4,7,14-17H,5-6,8H2,1-2H3,(H,23,26)(H,27,28)/t14-,15-,16+,17-/m0/s1. The Balaban J connectivity index is 1.55. The van der Waals surface area contributed by atoms with E-state index in [4.69, 9.17) is 27.9 Å². The van der Waals surface area contributed by atoms with Gasteiger partial charge in [0, 0.05) is 10.0 Å². The normalized spacial score (nSPS) is 25.4. The number of fused-ring (bicyclic) bond motifs is 2. The van der Waals surface area contributed by atoms with E-state index in [1.54, 1.807) is 23.7 Å². The average molecular weight is 438 g/mol. The van der Waals surface area contributed by atoms with Gasteiger partial charge in [-0.25, -0.2) is 0 Å². The molecule has 4 rings (SSSR count). The lowest BCUT2D eigenvalue weighted by Crippen LogP contribution is -2.41. The molecule has 4 atom stereocenters. The molecule has 0 aliphatic carbocycles. The number of carbonyl (C=O) groups excluding carboxylic acids is 1. The quantitative estimate of drug-likeness (QED) is 0.743. The Morgan fingerprint density at radius 3 is 2.59 bits per heavy atom. The van der Waals surface area contributed by atoms with E-state index in [1.807, 2.05) is 13.0 Å². The van der Waals surface area contributed by atoms with Gasteiger partial charge in [0.25, 0.3) is 0 Å². The molecule has 2 aliphatic rings. The van der Waals surface area contributed by atoms with Gasteiger partial charge in [-0.05, 0) is 44.4 Å². The molecular weight excluding hydrogens is 417 g/mol. The van der Waals surface area contributed by atoms with Gasteiger partial charge in [0.15, 0.2) is 0 Å². The van der Waals surface area contributed by atoms with Crippen LogP contribution in [-0.4, -0.2) is 39.0 Å². The first-order valence-corrected chi connectivity index (χ1v) is 10.2. The van der Waals surface area contributed by atoms with Crippen molar-refractivity contribution in [2.75, 3.05) is 5.32 Å². The van der Waals surface area contributed by atoms with E-state index < -0.39 is 17.8 Å². The van der Waals surface area contributed by atoms with Crippen LogP contribution in [0.4, 0.5) is 5.69 Å². The van der Waals surface area contributed by atoms with Gasteiger partial charge >= 0.3 is 5.97 Å². The van der Waals surface area contributed by atoms with Crippen molar-refractivity contribution in [1.82, 2.24) is 9.78 Å². The molecule has 2 saturated heterocycles. The largest absolute Gasteiger partial charge is 0.481 e. The van der Waals surface area contributed by atoms with Crippen LogP contribution in [-0.2, 0) is 20.9 Å². The number of amides is 1. The van der Waals surface area contributed by atoms with E-state index in [9.17, 15) is 14.7 Å². The van der Waals surface area contributed by atoms with Gasteiger partial charge < -0.3 is 15.2 Å². The molecule has 0 spiro atoms. The summed E-state index contributed by atoms with van der Waals surface area (Å²) in [7, 11) is 0. The number of hydrogen-bond donors (Lipinski definition) is 2. The Hall–Kier alpha value is -2.09. The molecule has 1 aromatic carbocycles. The Bertz CT molecular complexity index is 990. The summed E-state index contributed by atoms with van der Waals surface area (Å²) < 4.78 is 7.45. The van der Waals surface area contributed by atoms with Crippen molar-refractivity contribution in [2.45, 2.75) is 45.4 Å². The van der Waals surface area contributed by atoms with Gasteiger partial charge in [0.2, 0.25) is 5.91 Å². The Morgan fingerprint density at radius 1 is 1.24 bits per heavy atom. The number of nitrogens with zero attached hydrogens (tertiary/aromatic N) is 2. The number of carboxylic acid groups (broad SMARTS) is 1. The van der Waals surface area contributed by atoms with E-state index in [0.29, 0.717) is 40.8 Å². The van der Waals surface area contributed by atoms with Gasteiger partial charge in [-0.3, -0.25) is 14.3 Å². The monoisotopic (exact) mass is 437 g/mol. The van der Waals surface area contributed by atoms with Crippen molar-refractivity contribution < 1.29 is 19.4 Å². The summed E-state index contributed by atoms with van der Waals surface area (Å²) in [4.78, 5) is 24.6. The molecule has 1 amide bonds. The van der Waals surface area contributed by atoms with Crippen molar-refractivity contribution in [2.24, 2.45) is 11.8 Å². The van der Waals surface area contributed by atoms with E-state index in [2.05, 4.69) is 10.4 Å². The van der Waals surface area contributed by atoms with Crippen molar-refractivity contribution in [1.29, 1.82) is 0 Å². The van der Waals surface area contributed by atoms with Crippen LogP contribution < -0.4 is 5.32 Å². The van der Waals surface area contributed by atoms with Crippen molar-refractivity contribution in [3.05, 3.63) is 45.2 Å². The summed E-state index contributed by atoms with van der Waals surface area (Å²) >= 11 is 12.2. The van der Waals surface area contributed by atoms with E-state index in [-0.39, 0.29) is 18.1 Å². The summed E-state index contributed by atoms with van der Waals surface area (Å²) in [6, 6.07) is 5.27. The number of ether oxygens (including phenoxy) is 1. The maximum Gasteiger partial charge on any atom is 0.310 e. The molecule has 2 bridgehead atoms. The Labute approximate surface area is 177 Å². The SMILES string of the molecule is Cc1nn(Cc2ccc(Cl)cc2Cl)c(C)c1NC(=O)[C@H]1[C@@H](C(=O)O)[C@@H]2CC[C@@H]1O2. The predicted octanol–water partition coefficient (Wildman–Crippen LogP) is 3.67. The minimum atomic E-state index is -0.987. The molecule has 2 aromatic rings. The fourth-order valence-electron chi connectivity index (χ4n) is 4.37. The van der Waals surface area contributed by atoms with Crippen LogP contribution in [0.15, 0.2) is 18.2 Å². The summed E-state index contributed by atoms with van der Waals surface area (Å²) in [5.41, 5.74) is 2.86. The topological polar surface area (TPSA) is 93.5 Å². The number of carboxylic acids is 1. The molecule has 3 heterocycles. The fraction of sp³-hybridized carbons (Fsp3) is 0.450. The molecule has 29 heavy (non-hydrogen) atoms. The lowest BCUT2D eigenvalue weighted by atomic mass is 9.78. The van der Waals surface area contributed by atoms with Crippen LogP contribution in [0, 0.1) is 25.7 Å². The summed E-state index contributed by atoms with van der Waals surface area (Å²) in [5, 5.41) is 18.1. The van der Waals surface area contributed by atoms with E-state index in [0.717, 1.165) is 11.3 Å². The van der Waals surface area contributed by atoms with Crippen LogP contribution in [0.3, 0.4) is 0 Å². The molecule has 2 aliphatic heterocycles. The molecule has 2 N–H and O–H groups in total. The zero-order chi connectivity index (χ0) is 20.9. The summed E-state index contributed by atoms with van der Waals surface area (Å²) in [6.07, 6.45) is 0.664. The third kappa shape index (κ3) is 3.63. The number of aryl methyl sites for hydroxylation is 1. The molecule has 9 heteroatoms. The Kier molecular flexibility index (Phi) is 5.31. The first-order chi connectivity index (χ1) is 13.8. The second-order valence-electron chi connectivity index (χ2n) is 7.61. The van der Waals surface area contributed by atoms with Crippen LogP contribution in [0.5, 0.6) is 0 Å². The second-order valence-corrected chi connectivity index (χ2v) is 8.45. The van der Waals surface area contributed by atoms with Crippen molar-refractivity contribution in [3.8, 4) is 0 Å². The number of nitrogens with one attached hydrogen (secondary N) is 1. The molecule has 0 unspecified atom stereocenters.